The number of nitrogens with one attached hydrogen (secondary N) is 1. The highest BCUT2D eigenvalue weighted by Gasteiger charge is 2.46. The molecule has 0 amide bonds. The van der Waals surface area contributed by atoms with E-state index in [-0.39, 0.29) is 22.6 Å². The zero-order valence-corrected chi connectivity index (χ0v) is 16.2. The highest BCUT2D eigenvalue weighted by atomic mass is 35.5. The van der Waals surface area contributed by atoms with E-state index in [1.807, 2.05) is 0 Å². The van der Waals surface area contributed by atoms with Crippen LogP contribution in [0.25, 0.3) is 11.4 Å². The molecule has 156 valence electrons. The number of imidazole rings is 1. The van der Waals surface area contributed by atoms with Crippen molar-refractivity contribution in [3.63, 3.8) is 0 Å². The zero-order valence-electron chi connectivity index (χ0n) is 15.4. The predicted octanol–water partition coefficient (Wildman–Crippen LogP) is 4.56. The maximum Gasteiger partial charge on any atom is 0.434 e. The van der Waals surface area contributed by atoms with Crippen LogP contribution in [0.2, 0.25) is 5.28 Å². The average molecular weight is 439 g/mol. The van der Waals surface area contributed by atoms with Crippen LogP contribution in [0.1, 0.15) is 24.1 Å². The second kappa shape index (κ2) is 6.94. The van der Waals surface area contributed by atoms with Gasteiger partial charge in [0.15, 0.2) is 5.69 Å². The summed E-state index contributed by atoms with van der Waals surface area (Å²) in [4.78, 5) is 21.9. The summed E-state index contributed by atoms with van der Waals surface area (Å²) in [5, 5.41) is 14.2. The minimum Gasteiger partial charge on any atom is -0.355 e. The van der Waals surface area contributed by atoms with E-state index in [1.165, 1.54) is 11.6 Å². The summed E-state index contributed by atoms with van der Waals surface area (Å²) in [7, 11) is 1.49. The maximum absolute atomic E-state index is 12.9. The van der Waals surface area contributed by atoms with Crippen LogP contribution in [-0.4, -0.2) is 24.4 Å². The Morgan fingerprint density at radius 1 is 1.23 bits per heavy atom. The van der Waals surface area contributed by atoms with Gasteiger partial charge in [0.1, 0.15) is 12.0 Å². The van der Waals surface area contributed by atoms with E-state index < -0.39 is 22.3 Å². The molecule has 4 rings (SSSR count). The summed E-state index contributed by atoms with van der Waals surface area (Å²) in [6.45, 7) is 0. The van der Waals surface area contributed by atoms with Crippen LogP contribution >= 0.6 is 11.6 Å². The molecule has 0 unspecified atom stereocenters. The highest BCUT2D eigenvalue weighted by molar-refractivity contribution is 6.28. The molecule has 1 aliphatic rings. The molecule has 3 aromatic rings. The summed E-state index contributed by atoms with van der Waals surface area (Å²) in [5.41, 5.74) is -0.490. The Morgan fingerprint density at radius 2 is 1.90 bits per heavy atom. The summed E-state index contributed by atoms with van der Waals surface area (Å²) in [6.07, 6.45) is -1.15. The van der Waals surface area contributed by atoms with Crippen molar-refractivity contribution in [2.24, 2.45) is 7.05 Å². The zero-order chi connectivity index (χ0) is 21.7. The highest BCUT2D eigenvalue weighted by Crippen LogP contribution is 2.49. The normalized spacial score (nSPS) is 15.1. The molecule has 1 aromatic carbocycles. The number of alkyl halides is 3. The first-order chi connectivity index (χ1) is 14.1. The van der Waals surface area contributed by atoms with Crippen LogP contribution in [0, 0.1) is 10.1 Å². The van der Waals surface area contributed by atoms with Gasteiger partial charge in [-0.25, -0.2) is 9.97 Å². The van der Waals surface area contributed by atoms with Crippen LogP contribution in [0.4, 0.5) is 24.7 Å². The average Bonchev–Trinajstić information content (AvgIpc) is 3.33. The molecule has 0 atom stereocenters. The number of hydrogen-bond acceptors (Lipinski definition) is 6. The van der Waals surface area contributed by atoms with Gasteiger partial charge in [-0.05, 0) is 30.0 Å². The third-order valence-electron chi connectivity index (χ3n) is 4.91. The number of hydrogen-bond donors (Lipinski definition) is 1. The molecule has 1 aliphatic carbocycles. The Morgan fingerprint density at radius 3 is 2.43 bits per heavy atom. The Hall–Kier alpha value is -3.21. The second-order valence-corrected chi connectivity index (χ2v) is 7.31. The van der Waals surface area contributed by atoms with Crippen LogP contribution in [0.15, 0.2) is 36.7 Å². The minimum absolute atomic E-state index is 0.0143. The van der Waals surface area contributed by atoms with Crippen molar-refractivity contribution in [1.29, 1.82) is 0 Å². The lowest BCUT2D eigenvalue weighted by atomic mass is 10.0. The van der Waals surface area contributed by atoms with Crippen LogP contribution < -0.4 is 5.32 Å². The molecule has 1 fully saturated rings. The van der Waals surface area contributed by atoms with Gasteiger partial charge in [-0.1, -0.05) is 24.3 Å². The Bertz CT molecular complexity index is 1130. The lowest BCUT2D eigenvalue weighted by Crippen LogP contribution is -2.20. The lowest BCUT2D eigenvalue weighted by Gasteiger charge is -2.19. The SMILES string of the molecule is Cn1cc(C(F)(F)F)nc1-c1ccc(C2(Nc3nc(Cl)ncc3[N+](=O)[O-])CC2)cc1. The number of aromatic nitrogens is 4. The Kier molecular flexibility index (Phi) is 4.64. The molecule has 0 spiro atoms. The number of nitro groups is 1. The number of anilines is 1. The number of rotatable bonds is 5. The van der Waals surface area contributed by atoms with E-state index in [1.54, 1.807) is 24.3 Å². The van der Waals surface area contributed by atoms with Crippen molar-refractivity contribution < 1.29 is 18.1 Å². The summed E-state index contributed by atoms with van der Waals surface area (Å²) in [5.74, 6) is 0.199. The van der Waals surface area contributed by atoms with Crippen molar-refractivity contribution >= 4 is 23.1 Å². The van der Waals surface area contributed by atoms with Gasteiger partial charge in [-0.2, -0.15) is 18.2 Å². The first-order valence-electron chi connectivity index (χ1n) is 8.76. The van der Waals surface area contributed by atoms with Gasteiger partial charge < -0.3 is 9.88 Å². The van der Waals surface area contributed by atoms with E-state index in [9.17, 15) is 23.3 Å². The first kappa shape index (κ1) is 20.1. The fourth-order valence-corrected chi connectivity index (χ4v) is 3.36. The molecular formula is C18H14ClF3N6O2. The minimum atomic E-state index is -4.52. The third kappa shape index (κ3) is 3.67. The Labute approximate surface area is 172 Å². The van der Waals surface area contributed by atoms with Crippen molar-refractivity contribution in [1.82, 2.24) is 19.5 Å². The fraction of sp³-hybridized carbons (Fsp3) is 0.278. The largest absolute Gasteiger partial charge is 0.434 e. The van der Waals surface area contributed by atoms with Crippen molar-refractivity contribution in [2.45, 2.75) is 24.6 Å². The van der Waals surface area contributed by atoms with Crippen LogP contribution in [-0.2, 0) is 18.8 Å². The van der Waals surface area contributed by atoms with E-state index in [0.29, 0.717) is 18.4 Å². The van der Waals surface area contributed by atoms with Crippen molar-refractivity contribution in [3.8, 4) is 11.4 Å². The van der Waals surface area contributed by atoms with E-state index >= 15 is 0 Å². The molecule has 0 radical (unpaired) electrons. The standard InChI is InChI=1S/C18H14ClF3N6O2/c1-27-9-13(18(20,21)22)24-15(27)10-2-4-11(5-3-10)17(6-7-17)26-14-12(28(29)30)8-23-16(19)25-14/h2-5,8-9H,6-7H2,1H3,(H,23,25,26). The van der Waals surface area contributed by atoms with Gasteiger partial charge in [0.05, 0.1) is 10.5 Å². The molecule has 8 nitrogen and oxygen atoms in total. The predicted molar refractivity (Wildman–Crippen MR) is 102 cm³/mol. The number of halogens is 4. The molecule has 2 heterocycles. The molecule has 0 aliphatic heterocycles. The molecule has 2 aromatic heterocycles. The van der Waals surface area contributed by atoms with Gasteiger partial charge in [0, 0.05) is 18.8 Å². The summed E-state index contributed by atoms with van der Waals surface area (Å²) >= 11 is 5.78. The van der Waals surface area contributed by atoms with Gasteiger partial charge >= 0.3 is 11.9 Å². The fourth-order valence-electron chi connectivity index (χ4n) is 3.23. The summed E-state index contributed by atoms with van der Waals surface area (Å²) in [6, 6.07) is 6.85. The number of aryl methyl sites for hydroxylation is 1. The molecule has 30 heavy (non-hydrogen) atoms. The summed E-state index contributed by atoms with van der Waals surface area (Å²) < 4.78 is 40.0. The monoisotopic (exact) mass is 438 g/mol. The van der Waals surface area contributed by atoms with Crippen LogP contribution in [0.5, 0.6) is 0 Å². The Balaban J connectivity index is 1.62. The number of nitrogens with zero attached hydrogens (tertiary/aromatic N) is 5. The third-order valence-corrected chi connectivity index (χ3v) is 5.09. The van der Waals surface area contributed by atoms with E-state index in [0.717, 1.165) is 18.0 Å². The molecule has 12 heteroatoms. The number of benzene rings is 1. The van der Waals surface area contributed by atoms with Gasteiger partial charge in [0.2, 0.25) is 11.1 Å². The van der Waals surface area contributed by atoms with Crippen LogP contribution in [0.3, 0.4) is 0 Å². The van der Waals surface area contributed by atoms with E-state index in [4.69, 9.17) is 11.6 Å². The second-order valence-electron chi connectivity index (χ2n) is 6.97. The smallest absolute Gasteiger partial charge is 0.355 e. The molecule has 1 saturated carbocycles. The molecule has 1 N–H and O–H groups in total. The molecule has 0 saturated heterocycles. The molecule has 0 bridgehead atoms. The first-order valence-corrected chi connectivity index (χ1v) is 9.13. The van der Waals surface area contributed by atoms with Gasteiger partial charge in [-0.15, -0.1) is 0 Å². The lowest BCUT2D eigenvalue weighted by molar-refractivity contribution is -0.384. The maximum atomic E-state index is 12.9. The van der Waals surface area contributed by atoms with Crippen molar-refractivity contribution in [3.05, 3.63) is 63.3 Å². The van der Waals surface area contributed by atoms with E-state index in [2.05, 4.69) is 20.3 Å². The van der Waals surface area contributed by atoms with Crippen molar-refractivity contribution in [2.75, 3.05) is 5.32 Å². The van der Waals surface area contributed by atoms with Gasteiger partial charge in [-0.3, -0.25) is 10.1 Å². The quantitative estimate of drug-likeness (QED) is 0.356. The van der Waals surface area contributed by atoms with Gasteiger partial charge in [0.25, 0.3) is 0 Å². The molecular weight excluding hydrogens is 425 g/mol. The topological polar surface area (TPSA) is 98.8 Å².